The molecule has 2 aromatic heterocycles. The number of nitrogens with zero attached hydrogens (tertiary/aromatic N) is 2. The van der Waals surface area contributed by atoms with Crippen molar-refractivity contribution < 1.29 is 19.2 Å². The monoisotopic (exact) mass is 384 g/mol. The lowest BCUT2D eigenvalue weighted by atomic mass is 10.0. The van der Waals surface area contributed by atoms with Gasteiger partial charge in [-0.15, -0.1) is 11.3 Å². The Balaban J connectivity index is 1.50. The molecule has 7 heteroatoms. The van der Waals surface area contributed by atoms with Crippen molar-refractivity contribution in [3.63, 3.8) is 0 Å². The number of hydrogen-bond acceptors (Lipinski definition) is 6. The van der Waals surface area contributed by atoms with Gasteiger partial charge < -0.3 is 9.63 Å². The van der Waals surface area contributed by atoms with Crippen LogP contribution in [0.2, 0.25) is 0 Å². The van der Waals surface area contributed by atoms with Crippen LogP contribution in [-0.2, 0) is 28.9 Å². The van der Waals surface area contributed by atoms with Gasteiger partial charge in [-0.2, -0.15) is 4.98 Å². The lowest BCUT2D eigenvalue weighted by Gasteiger charge is -2.05. The first-order valence-electron chi connectivity index (χ1n) is 9.57. The summed E-state index contributed by atoms with van der Waals surface area (Å²) in [5.41, 5.74) is 2.97. The van der Waals surface area contributed by atoms with Crippen molar-refractivity contribution in [3.05, 3.63) is 32.3 Å². The molecule has 0 radical (unpaired) electrons. The topological polar surface area (TPSA) is 93.3 Å². The van der Waals surface area contributed by atoms with Crippen molar-refractivity contribution in [1.29, 1.82) is 0 Å². The van der Waals surface area contributed by atoms with E-state index in [1.807, 2.05) is 0 Å². The maximum Gasteiger partial charge on any atom is 0.331 e. The number of ketones is 1. The normalized spacial score (nSPS) is 19.0. The predicted molar refractivity (Wildman–Crippen MR) is 98.8 cm³/mol. The van der Waals surface area contributed by atoms with E-state index in [1.165, 1.54) is 10.4 Å². The highest BCUT2D eigenvalue weighted by atomic mass is 32.1. The third-order valence-electron chi connectivity index (χ3n) is 5.73. The lowest BCUT2D eigenvalue weighted by Crippen LogP contribution is -2.10. The molecule has 0 aromatic carbocycles. The van der Waals surface area contributed by atoms with Crippen molar-refractivity contribution in [2.24, 2.45) is 0 Å². The number of Topliss-reactive ketones (excluding diaryl/α,β-unsaturated/α-hetero) is 1. The minimum Gasteiger partial charge on any atom is -0.478 e. The number of allylic oxidation sites excluding steroid dienone is 1. The van der Waals surface area contributed by atoms with Crippen LogP contribution in [0, 0.1) is 0 Å². The van der Waals surface area contributed by atoms with E-state index in [0.29, 0.717) is 35.8 Å². The van der Waals surface area contributed by atoms with E-state index in [2.05, 4.69) is 10.1 Å². The number of carbonyl (C=O) groups is 2. The molecule has 1 fully saturated rings. The first-order chi connectivity index (χ1) is 13.1. The third-order valence-corrected chi connectivity index (χ3v) is 7.02. The number of carboxylic acid groups (broad SMARTS) is 1. The molecule has 0 saturated heterocycles. The third kappa shape index (κ3) is 2.94. The van der Waals surface area contributed by atoms with Crippen LogP contribution in [0.5, 0.6) is 0 Å². The first kappa shape index (κ1) is 16.9. The molecule has 3 aliphatic rings. The number of aryl methyl sites for hydroxylation is 1. The van der Waals surface area contributed by atoms with Crippen LogP contribution in [0.15, 0.2) is 15.7 Å². The number of fused-ring (bicyclic) bond motifs is 1. The summed E-state index contributed by atoms with van der Waals surface area (Å²) >= 11 is 1.65. The Morgan fingerprint density at radius 3 is 2.67 bits per heavy atom. The summed E-state index contributed by atoms with van der Waals surface area (Å²) in [5.74, 6) is 0.676. The highest BCUT2D eigenvalue weighted by Crippen LogP contribution is 2.44. The fourth-order valence-corrected chi connectivity index (χ4v) is 5.60. The standard InChI is InChI=1S/C20H20N2O4S/c23-14(11-3-1-4-12(11)20(24)25)9-16-17(13-5-2-6-15(13)27-16)19-21-18(22-26-19)10-7-8-10/h10H,1-9H2,(H,24,25). The van der Waals surface area contributed by atoms with Crippen molar-refractivity contribution in [2.75, 3.05) is 0 Å². The summed E-state index contributed by atoms with van der Waals surface area (Å²) in [6.45, 7) is 0. The molecular formula is C20H20N2O4S. The second-order valence-electron chi connectivity index (χ2n) is 7.60. The SMILES string of the molecule is O=C(O)C1=C(C(=O)Cc2sc3c(c2-c2nc(C4CC4)no2)CCC3)CCC1. The van der Waals surface area contributed by atoms with E-state index >= 15 is 0 Å². The molecule has 3 aliphatic carbocycles. The van der Waals surface area contributed by atoms with Gasteiger partial charge in [0.2, 0.25) is 0 Å². The Hall–Kier alpha value is -2.28. The molecule has 2 aromatic rings. The highest BCUT2D eigenvalue weighted by molar-refractivity contribution is 7.12. The van der Waals surface area contributed by atoms with Crippen molar-refractivity contribution in [3.8, 4) is 11.5 Å². The molecule has 2 heterocycles. The number of rotatable bonds is 6. The smallest absolute Gasteiger partial charge is 0.331 e. The Morgan fingerprint density at radius 2 is 1.89 bits per heavy atom. The van der Waals surface area contributed by atoms with Gasteiger partial charge in [-0.1, -0.05) is 5.16 Å². The number of carboxylic acids is 1. The summed E-state index contributed by atoms with van der Waals surface area (Å²) in [7, 11) is 0. The molecule has 0 unspecified atom stereocenters. The minimum absolute atomic E-state index is 0.0759. The van der Waals surface area contributed by atoms with Crippen LogP contribution in [0.4, 0.5) is 0 Å². The van der Waals surface area contributed by atoms with Crippen molar-refractivity contribution >= 4 is 23.1 Å². The number of aliphatic carboxylic acids is 1. The molecule has 1 N–H and O–H groups in total. The summed E-state index contributed by atoms with van der Waals surface area (Å²) in [6, 6.07) is 0. The summed E-state index contributed by atoms with van der Waals surface area (Å²) in [6.07, 6.45) is 7.33. The molecule has 0 atom stereocenters. The quantitative estimate of drug-likeness (QED) is 0.813. The highest BCUT2D eigenvalue weighted by Gasteiger charge is 2.33. The fraction of sp³-hybridized carbons (Fsp3) is 0.500. The first-order valence-corrected chi connectivity index (χ1v) is 10.4. The summed E-state index contributed by atoms with van der Waals surface area (Å²) in [4.78, 5) is 31.1. The second kappa shape index (κ2) is 6.41. The Bertz CT molecular complexity index is 980. The average molecular weight is 384 g/mol. The number of aromatic nitrogens is 2. The Morgan fingerprint density at radius 1 is 1.11 bits per heavy atom. The van der Waals surface area contributed by atoms with Gasteiger partial charge in [0.05, 0.1) is 5.56 Å². The van der Waals surface area contributed by atoms with Gasteiger partial charge in [-0.25, -0.2) is 4.79 Å². The fourth-order valence-electron chi connectivity index (χ4n) is 4.22. The molecule has 0 aliphatic heterocycles. The molecule has 0 bridgehead atoms. The van der Waals surface area contributed by atoms with Crippen LogP contribution < -0.4 is 0 Å². The summed E-state index contributed by atoms with van der Waals surface area (Å²) in [5, 5.41) is 13.5. The van der Waals surface area contributed by atoms with Gasteiger partial charge in [0.15, 0.2) is 11.6 Å². The van der Waals surface area contributed by atoms with Gasteiger partial charge in [0.25, 0.3) is 5.89 Å². The molecule has 140 valence electrons. The molecular weight excluding hydrogens is 364 g/mol. The minimum atomic E-state index is -0.962. The molecule has 1 saturated carbocycles. The molecule has 5 rings (SSSR count). The van der Waals surface area contributed by atoms with Gasteiger partial charge in [-0.05, 0) is 56.9 Å². The van der Waals surface area contributed by atoms with Crippen molar-refractivity contribution in [1.82, 2.24) is 10.1 Å². The van der Waals surface area contributed by atoms with Crippen LogP contribution in [0.3, 0.4) is 0 Å². The zero-order valence-corrected chi connectivity index (χ0v) is 15.7. The van der Waals surface area contributed by atoms with E-state index in [4.69, 9.17) is 4.52 Å². The average Bonchev–Trinajstić information content (AvgIpc) is 3.05. The van der Waals surface area contributed by atoms with E-state index in [-0.39, 0.29) is 12.2 Å². The number of thiophene rings is 1. The maximum absolute atomic E-state index is 12.9. The Kier molecular flexibility index (Phi) is 4.00. The van der Waals surface area contributed by atoms with Crippen LogP contribution in [0.25, 0.3) is 11.5 Å². The van der Waals surface area contributed by atoms with Gasteiger partial charge in [0.1, 0.15) is 0 Å². The van der Waals surface area contributed by atoms with E-state index in [1.54, 1.807) is 11.3 Å². The summed E-state index contributed by atoms with van der Waals surface area (Å²) < 4.78 is 5.57. The van der Waals surface area contributed by atoms with Gasteiger partial charge >= 0.3 is 5.97 Å². The Labute approximate surface area is 160 Å². The van der Waals surface area contributed by atoms with E-state index < -0.39 is 5.97 Å². The van der Waals surface area contributed by atoms with Crippen molar-refractivity contribution in [2.45, 2.75) is 63.7 Å². The molecule has 27 heavy (non-hydrogen) atoms. The van der Waals surface area contributed by atoms with Crippen LogP contribution in [0.1, 0.15) is 65.6 Å². The molecule has 6 nitrogen and oxygen atoms in total. The largest absolute Gasteiger partial charge is 0.478 e. The predicted octanol–water partition coefficient (Wildman–Crippen LogP) is 3.84. The zero-order valence-electron chi connectivity index (χ0n) is 14.9. The molecule has 0 amide bonds. The number of hydrogen-bond donors (Lipinski definition) is 1. The zero-order chi connectivity index (χ0) is 18.5. The van der Waals surface area contributed by atoms with Crippen LogP contribution in [-0.4, -0.2) is 27.0 Å². The maximum atomic E-state index is 12.9. The lowest BCUT2D eigenvalue weighted by molar-refractivity contribution is -0.133. The van der Waals surface area contributed by atoms with Crippen LogP contribution >= 0.6 is 11.3 Å². The number of carbonyl (C=O) groups excluding carboxylic acids is 1. The van der Waals surface area contributed by atoms with Gasteiger partial charge in [-0.3, -0.25) is 4.79 Å². The molecule has 0 spiro atoms. The second-order valence-corrected chi connectivity index (χ2v) is 8.79. The van der Waals surface area contributed by atoms with E-state index in [9.17, 15) is 14.7 Å². The van der Waals surface area contributed by atoms with E-state index in [0.717, 1.165) is 54.8 Å². The van der Waals surface area contributed by atoms with Gasteiger partial charge in [0, 0.05) is 33.2 Å².